The lowest BCUT2D eigenvalue weighted by molar-refractivity contribution is -0.116. The fraction of sp³-hybridized carbons (Fsp3) is 0.353. The number of carbonyl (C=O) groups excluding carboxylic acids is 1. The fourth-order valence-electron chi connectivity index (χ4n) is 2.68. The summed E-state index contributed by atoms with van der Waals surface area (Å²) in [5.74, 6) is 0.288. The first-order chi connectivity index (χ1) is 10.8. The van der Waals surface area contributed by atoms with E-state index in [9.17, 15) is 4.79 Å². The van der Waals surface area contributed by atoms with Crippen LogP contribution < -0.4 is 4.90 Å². The normalized spacial score (nSPS) is 17.6. The summed E-state index contributed by atoms with van der Waals surface area (Å²) in [4.78, 5) is 13.8. The Balaban J connectivity index is 1.79. The van der Waals surface area contributed by atoms with Gasteiger partial charge in [-0.25, -0.2) is 0 Å². The summed E-state index contributed by atoms with van der Waals surface area (Å²) in [6.07, 6.45) is 4.29. The van der Waals surface area contributed by atoms with E-state index >= 15 is 0 Å². The van der Waals surface area contributed by atoms with Crippen molar-refractivity contribution in [3.8, 4) is 0 Å². The minimum atomic E-state index is -0.125. The van der Waals surface area contributed by atoms with Gasteiger partial charge >= 0.3 is 0 Å². The molecule has 1 aliphatic heterocycles. The van der Waals surface area contributed by atoms with Crippen molar-refractivity contribution < 1.29 is 13.9 Å². The van der Waals surface area contributed by atoms with Crippen LogP contribution in [0.15, 0.2) is 47.3 Å². The predicted molar refractivity (Wildman–Crippen MR) is 85.2 cm³/mol. The minimum absolute atomic E-state index is 0.0456. The molecule has 2 aromatic rings. The SMILES string of the molecule is O=C(CCl)N(Cc1ccoc1)c1ccc(C2CCOC2)cc1. The van der Waals surface area contributed by atoms with E-state index in [2.05, 4.69) is 12.1 Å². The lowest BCUT2D eigenvalue weighted by atomic mass is 9.98. The molecule has 5 heteroatoms. The van der Waals surface area contributed by atoms with Gasteiger partial charge < -0.3 is 14.1 Å². The zero-order valence-electron chi connectivity index (χ0n) is 12.2. The Morgan fingerprint density at radius 3 is 2.68 bits per heavy atom. The summed E-state index contributed by atoms with van der Waals surface area (Å²) in [6, 6.07) is 9.92. The molecule has 22 heavy (non-hydrogen) atoms. The third-order valence-corrected chi connectivity index (χ3v) is 4.17. The molecule has 0 N–H and O–H groups in total. The Bertz CT molecular complexity index is 603. The molecule has 3 rings (SSSR count). The molecule has 0 bridgehead atoms. The highest BCUT2D eigenvalue weighted by molar-refractivity contribution is 6.29. The van der Waals surface area contributed by atoms with Crippen molar-refractivity contribution in [1.82, 2.24) is 0 Å². The van der Waals surface area contributed by atoms with Gasteiger partial charge in [0, 0.05) is 23.8 Å². The Hall–Kier alpha value is -1.78. The second kappa shape index (κ2) is 6.99. The molecule has 116 valence electrons. The molecular formula is C17H18ClNO3. The van der Waals surface area contributed by atoms with Crippen LogP contribution in [0, 0.1) is 0 Å². The molecule has 1 atom stereocenters. The second-order valence-electron chi connectivity index (χ2n) is 5.40. The first kappa shape index (κ1) is 15.1. The molecule has 1 fully saturated rings. The van der Waals surface area contributed by atoms with Crippen molar-refractivity contribution in [3.63, 3.8) is 0 Å². The number of alkyl halides is 1. The van der Waals surface area contributed by atoms with Crippen LogP contribution in [0.2, 0.25) is 0 Å². The van der Waals surface area contributed by atoms with E-state index in [1.807, 2.05) is 18.2 Å². The van der Waals surface area contributed by atoms with Crippen molar-refractivity contribution in [2.45, 2.75) is 18.9 Å². The molecule has 1 aliphatic rings. The molecular weight excluding hydrogens is 302 g/mol. The molecule has 1 aromatic heterocycles. The number of anilines is 1. The standard InChI is InChI=1S/C17H18ClNO3/c18-9-17(20)19(10-13-5-7-21-11-13)16-3-1-14(2-4-16)15-6-8-22-12-15/h1-5,7,11,15H,6,8-10,12H2. The molecule has 0 saturated carbocycles. The maximum atomic E-state index is 12.1. The number of carbonyl (C=O) groups is 1. The first-order valence-corrected chi connectivity index (χ1v) is 7.86. The van der Waals surface area contributed by atoms with Crippen molar-refractivity contribution in [2.24, 2.45) is 0 Å². The van der Waals surface area contributed by atoms with E-state index in [0.717, 1.165) is 30.9 Å². The van der Waals surface area contributed by atoms with Crippen molar-refractivity contribution in [2.75, 3.05) is 24.0 Å². The summed E-state index contributed by atoms with van der Waals surface area (Å²) in [6.45, 7) is 2.05. The Morgan fingerprint density at radius 1 is 1.27 bits per heavy atom. The maximum absolute atomic E-state index is 12.1. The molecule has 2 heterocycles. The van der Waals surface area contributed by atoms with Gasteiger partial charge in [-0.1, -0.05) is 12.1 Å². The number of furan rings is 1. The molecule has 1 saturated heterocycles. The predicted octanol–water partition coefficient (Wildman–Crippen LogP) is 3.56. The van der Waals surface area contributed by atoms with Gasteiger partial charge in [0.25, 0.3) is 0 Å². The summed E-state index contributed by atoms with van der Waals surface area (Å²) in [5.41, 5.74) is 3.03. The van der Waals surface area contributed by atoms with Crippen LogP contribution in [0.4, 0.5) is 5.69 Å². The molecule has 0 radical (unpaired) electrons. The van der Waals surface area contributed by atoms with Crippen molar-refractivity contribution >= 4 is 23.2 Å². The number of benzene rings is 1. The number of rotatable bonds is 5. The Labute approximate surface area is 134 Å². The third kappa shape index (κ3) is 3.34. The van der Waals surface area contributed by atoms with E-state index in [1.54, 1.807) is 17.4 Å². The zero-order valence-corrected chi connectivity index (χ0v) is 13.0. The lowest BCUT2D eigenvalue weighted by Crippen LogP contribution is -2.31. The van der Waals surface area contributed by atoms with Crippen LogP contribution in [-0.2, 0) is 16.1 Å². The molecule has 4 nitrogen and oxygen atoms in total. The molecule has 0 spiro atoms. The van der Waals surface area contributed by atoms with Gasteiger partial charge in [0.05, 0.1) is 25.7 Å². The molecule has 0 aliphatic carbocycles. The number of halogens is 1. The number of hydrogen-bond acceptors (Lipinski definition) is 3. The monoisotopic (exact) mass is 319 g/mol. The number of ether oxygens (including phenoxy) is 1. The number of hydrogen-bond donors (Lipinski definition) is 0. The zero-order chi connectivity index (χ0) is 15.4. The average molecular weight is 320 g/mol. The van der Waals surface area contributed by atoms with Crippen LogP contribution >= 0.6 is 11.6 Å². The molecule has 1 unspecified atom stereocenters. The maximum Gasteiger partial charge on any atom is 0.242 e. The van der Waals surface area contributed by atoms with E-state index < -0.39 is 0 Å². The van der Waals surface area contributed by atoms with E-state index in [-0.39, 0.29) is 11.8 Å². The molecule has 1 aromatic carbocycles. The first-order valence-electron chi connectivity index (χ1n) is 7.33. The topological polar surface area (TPSA) is 42.7 Å². The average Bonchev–Trinajstić information content (AvgIpc) is 3.25. The van der Waals surface area contributed by atoms with Gasteiger partial charge in [-0.3, -0.25) is 4.79 Å². The van der Waals surface area contributed by atoms with E-state index in [4.69, 9.17) is 20.8 Å². The Morgan fingerprint density at radius 2 is 2.09 bits per heavy atom. The van der Waals surface area contributed by atoms with Gasteiger partial charge in [0.1, 0.15) is 5.88 Å². The van der Waals surface area contributed by atoms with Crippen LogP contribution in [-0.4, -0.2) is 25.0 Å². The van der Waals surface area contributed by atoms with E-state index in [1.165, 1.54) is 5.56 Å². The van der Waals surface area contributed by atoms with Crippen LogP contribution in [0.3, 0.4) is 0 Å². The fourth-order valence-corrected chi connectivity index (χ4v) is 2.83. The minimum Gasteiger partial charge on any atom is -0.472 e. The van der Waals surface area contributed by atoms with Crippen molar-refractivity contribution in [3.05, 3.63) is 54.0 Å². The highest BCUT2D eigenvalue weighted by Gasteiger charge is 2.19. The second-order valence-corrected chi connectivity index (χ2v) is 5.66. The summed E-state index contributed by atoms with van der Waals surface area (Å²) in [7, 11) is 0. The number of amides is 1. The molecule has 1 amide bonds. The van der Waals surface area contributed by atoms with Crippen LogP contribution in [0.25, 0.3) is 0 Å². The smallest absolute Gasteiger partial charge is 0.242 e. The third-order valence-electron chi connectivity index (χ3n) is 3.94. The van der Waals surface area contributed by atoms with Crippen molar-refractivity contribution in [1.29, 1.82) is 0 Å². The van der Waals surface area contributed by atoms with Gasteiger partial charge in [0.2, 0.25) is 5.91 Å². The highest BCUT2D eigenvalue weighted by Crippen LogP contribution is 2.27. The highest BCUT2D eigenvalue weighted by atomic mass is 35.5. The van der Waals surface area contributed by atoms with Gasteiger partial charge in [-0.15, -0.1) is 11.6 Å². The quantitative estimate of drug-likeness (QED) is 0.791. The van der Waals surface area contributed by atoms with Gasteiger partial charge in [-0.05, 0) is 30.2 Å². The Kier molecular flexibility index (Phi) is 4.80. The lowest BCUT2D eigenvalue weighted by Gasteiger charge is -2.22. The van der Waals surface area contributed by atoms with Gasteiger partial charge in [-0.2, -0.15) is 0 Å². The van der Waals surface area contributed by atoms with Gasteiger partial charge in [0.15, 0.2) is 0 Å². The summed E-state index contributed by atoms with van der Waals surface area (Å²) in [5, 5.41) is 0. The van der Waals surface area contributed by atoms with Crippen LogP contribution in [0.5, 0.6) is 0 Å². The number of nitrogens with zero attached hydrogens (tertiary/aromatic N) is 1. The largest absolute Gasteiger partial charge is 0.472 e. The van der Waals surface area contributed by atoms with E-state index in [0.29, 0.717) is 12.5 Å². The summed E-state index contributed by atoms with van der Waals surface area (Å²) < 4.78 is 10.5. The summed E-state index contributed by atoms with van der Waals surface area (Å²) >= 11 is 5.74. The van der Waals surface area contributed by atoms with Crippen LogP contribution in [0.1, 0.15) is 23.5 Å².